The first-order valence-corrected chi connectivity index (χ1v) is 12.1. The Balaban J connectivity index is 1.21. The van der Waals surface area contributed by atoms with Crippen LogP contribution in [-0.2, 0) is 17.0 Å². The van der Waals surface area contributed by atoms with Crippen LogP contribution in [0.25, 0.3) is 10.9 Å². The first-order valence-electron chi connectivity index (χ1n) is 11.1. The molecule has 1 saturated carbocycles. The fourth-order valence-corrected chi connectivity index (χ4v) is 4.64. The van der Waals surface area contributed by atoms with Gasteiger partial charge < -0.3 is 5.32 Å². The molecule has 5 rings (SSSR count). The van der Waals surface area contributed by atoms with Crippen LogP contribution < -0.4 is 10.9 Å². The molecule has 0 unspecified atom stereocenters. The summed E-state index contributed by atoms with van der Waals surface area (Å²) in [6.07, 6.45) is 6.33. The molecule has 4 aromatic rings. The van der Waals surface area contributed by atoms with Gasteiger partial charge in [0.25, 0.3) is 5.56 Å². The molecule has 7 heteroatoms. The van der Waals surface area contributed by atoms with Crippen molar-refractivity contribution in [1.29, 1.82) is 0 Å². The second kappa shape index (κ2) is 9.58. The van der Waals surface area contributed by atoms with E-state index >= 15 is 0 Å². The molecule has 1 N–H and O–H groups in total. The minimum atomic E-state index is -0.0875. The number of rotatable bonds is 8. The van der Waals surface area contributed by atoms with E-state index in [1.165, 1.54) is 5.56 Å². The number of nitrogens with zero attached hydrogens (tertiary/aromatic N) is 3. The highest BCUT2D eigenvalue weighted by atomic mass is 32.2. The third kappa shape index (κ3) is 5.14. The minimum absolute atomic E-state index is 0.00196. The standard InChI is InChI=1S/C26H24N4O2S/c31-25(28-19-7-11-21(12-8-19)33-17-18-4-3-15-27-16-18)14-13-24-29-23-6-2-1-5-22(23)26(32)30(24)20-9-10-20/h1-8,11-12,15-16,20H,9-10,13-14,17H2,(H,28,31). The number of hydrogen-bond acceptors (Lipinski definition) is 5. The quantitative estimate of drug-likeness (QED) is 0.378. The number of para-hydroxylation sites is 1. The Kier molecular flexibility index (Phi) is 6.21. The lowest BCUT2D eigenvalue weighted by molar-refractivity contribution is -0.116. The Morgan fingerprint density at radius 2 is 1.88 bits per heavy atom. The topological polar surface area (TPSA) is 76.9 Å². The molecule has 33 heavy (non-hydrogen) atoms. The molecule has 1 aliphatic rings. The number of anilines is 1. The molecule has 0 aliphatic heterocycles. The van der Waals surface area contributed by atoms with E-state index in [0.717, 1.165) is 29.2 Å². The minimum Gasteiger partial charge on any atom is -0.326 e. The molecule has 0 radical (unpaired) electrons. The number of carbonyl (C=O) groups is 1. The predicted molar refractivity (Wildman–Crippen MR) is 131 cm³/mol. The van der Waals surface area contributed by atoms with Gasteiger partial charge in [0.2, 0.25) is 5.91 Å². The normalized spacial score (nSPS) is 13.2. The molecular weight excluding hydrogens is 432 g/mol. The van der Waals surface area contributed by atoms with Crippen molar-refractivity contribution in [3.63, 3.8) is 0 Å². The first-order chi connectivity index (χ1) is 16.2. The summed E-state index contributed by atoms with van der Waals surface area (Å²) in [6, 6.07) is 19.5. The molecular formula is C26H24N4O2S. The molecule has 1 amide bonds. The fraction of sp³-hybridized carbons (Fsp3) is 0.231. The van der Waals surface area contributed by atoms with E-state index in [2.05, 4.69) is 16.4 Å². The van der Waals surface area contributed by atoms with Crippen molar-refractivity contribution < 1.29 is 4.79 Å². The molecule has 166 valence electrons. The number of benzene rings is 2. The number of carbonyl (C=O) groups excluding carboxylic acids is 1. The van der Waals surface area contributed by atoms with Crippen molar-refractivity contribution in [3.05, 3.63) is 94.8 Å². The lowest BCUT2D eigenvalue weighted by Crippen LogP contribution is -2.25. The number of thioether (sulfide) groups is 1. The highest BCUT2D eigenvalue weighted by Gasteiger charge is 2.28. The summed E-state index contributed by atoms with van der Waals surface area (Å²) < 4.78 is 1.80. The van der Waals surface area contributed by atoms with Crippen molar-refractivity contribution in [3.8, 4) is 0 Å². The van der Waals surface area contributed by atoms with Gasteiger partial charge in [0.1, 0.15) is 5.82 Å². The molecule has 1 aliphatic carbocycles. The van der Waals surface area contributed by atoms with Crippen molar-refractivity contribution in [2.24, 2.45) is 0 Å². The fourth-order valence-electron chi connectivity index (χ4n) is 3.81. The van der Waals surface area contributed by atoms with E-state index in [4.69, 9.17) is 4.98 Å². The van der Waals surface area contributed by atoms with Gasteiger partial charge in [-0.3, -0.25) is 19.1 Å². The zero-order valence-corrected chi connectivity index (χ0v) is 18.9. The third-order valence-corrected chi connectivity index (χ3v) is 6.72. The number of nitrogens with one attached hydrogen (secondary N) is 1. The number of amides is 1. The maximum atomic E-state index is 13.0. The summed E-state index contributed by atoms with van der Waals surface area (Å²) in [5, 5.41) is 3.59. The van der Waals surface area contributed by atoms with E-state index in [0.29, 0.717) is 23.1 Å². The maximum absolute atomic E-state index is 13.0. The van der Waals surface area contributed by atoms with Crippen LogP contribution in [0.1, 0.15) is 36.7 Å². The van der Waals surface area contributed by atoms with Crippen LogP contribution in [-0.4, -0.2) is 20.4 Å². The van der Waals surface area contributed by atoms with Gasteiger partial charge in [-0.05, 0) is 60.9 Å². The van der Waals surface area contributed by atoms with Crippen LogP contribution in [0, 0.1) is 0 Å². The zero-order chi connectivity index (χ0) is 22.6. The summed E-state index contributed by atoms with van der Waals surface area (Å²) in [7, 11) is 0. The molecule has 6 nitrogen and oxygen atoms in total. The maximum Gasteiger partial charge on any atom is 0.261 e. The van der Waals surface area contributed by atoms with Crippen LogP contribution in [0.3, 0.4) is 0 Å². The summed E-state index contributed by atoms with van der Waals surface area (Å²) in [5.41, 5.74) is 2.62. The van der Waals surface area contributed by atoms with Crippen LogP contribution >= 0.6 is 11.8 Å². The van der Waals surface area contributed by atoms with Gasteiger partial charge in [0.15, 0.2) is 0 Å². The second-order valence-electron chi connectivity index (χ2n) is 8.17. The van der Waals surface area contributed by atoms with Crippen molar-refractivity contribution in [2.45, 2.75) is 42.4 Å². The van der Waals surface area contributed by atoms with Crippen molar-refractivity contribution in [1.82, 2.24) is 14.5 Å². The number of fused-ring (bicyclic) bond motifs is 1. The predicted octanol–water partition coefficient (Wildman–Crippen LogP) is 4.99. The second-order valence-corrected chi connectivity index (χ2v) is 9.22. The Morgan fingerprint density at radius 1 is 1.06 bits per heavy atom. The van der Waals surface area contributed by atoms with Crippen LogP contribution in [0.5, 0.6) is 0 Å². The SMILES string of the molecule is O=C(CCc1nc2ccccc2c(=O)n1C1CC1)Nc1ccc(SCc2cccnc2)cc1. The average Bonchev–Trinajstić information content (AvgIpc) is 3.68. The number of aromatic nitrogens is 3. The van der Waals surface area contributed by atoms with Gasteiger partial charge in [-0.15, -0.1) is 11.8 Å². The summed E-state index contributed by atoms with van der Waals surface area (Å²) >= 11 is 1.73. The average molecular weight is 457 g/mol. The molecule has 2 heterocycles. The number of aryl methyl sites for hydroxylation is 1. The zero-order valence-electron chi connectivity index (χ0n) is 18.1. The lowest BCUT2D eigenvalue weighted by Gasteiger charge is -2.13. The Hall–Kier alpha value is -3.45. The molecule has 2 aromatic heterocycles. The molecule has 0 spiro atoms. The molecule has 0 bridgehead atoms. The Morgan fingerprint density at radius 3 is 2.64 bits per heavy atom. The van der Waals surface area contributed by atoms with Gasteiger partial charge in [-0.2, -0.15) is 0 Å². The molecule has 2 aromatic carbocycles. The Bertz CT molecular complexity index is 1330. The van der Waals surface area contributed by atoms with Crippen molar-refractivity contribution in [2.75, 3.05) is 5.32 Å². The van der Waals surface area contributed by atoms with E-state index in [1.807, 2.05) is 60.8 Å². The summed E-state index contributed by atoms with van der Waals surface area (Å²) in [6.45, 7) is 0. The molecule has 0 atom stereocenters. The van der Waals surface area contributed by atoms with Gasteiger partial charge in [-0.1, -0.05) is 18.2 Å². The van der Waals surface area contributed by atoms with Gasteiger partial charge in [-0.25, -0.2) is 4.98 Å². The lowest BCUT2D eigenvalue weighted by atomic mass is 10.2. The molecule has 0 saturated heterocycles. The highest BCUT2D eigenvalue weighted by Crippen LogP contribution is 2.35. The number of hydrogen-bond donors (Lipinski definition) is 1. The first kappa shape index (κ1) is 21.4. The van der Waals surface area contributed by atoms with E-state index < -0.39 is 0 Å². The third-order valence-electron chi connectivity index (χ3n) is 5.63. The van der Waals surface area contributed by atoms with Crippen LogP contribution in [0.4, 0.5) is 5.69 Å². The van der Waals surface area contributed by atoms with Crippen LogP contribution in [0.2, 0.25) is 0 Å². The van der Waals surface area contributed by atoms with Gasteiger partial charge in [0, 0.05) is 47.6 Å². The van der Waals surface area contributed by atoms with Gasteiger partial charge in [0.05, 0.1) is 10.9 Å². The molecule has 1 fully saturated rings. The van der Waals surface area contributed by atoms with E-state index in [1.54, 1.807) is 22.5 Å². The van der Waals surface area contributed by atoms with Crippen LogP contribution in [0.15, 0.2) is 82.7 Å². The Labute approximate surface area is 196 Å². The summed E-state index contributed by atoms with van der Waals surface area (Å²) in [5.74, 6) is 1.45. The van der Waals surface area contributed by atoms with E-state index in [-0.39, 0.29) is 23.9 Å². The highest BCUT2D eigenvalue weighted by molar-refractivity contribution is 7.98. The van der Waals surface area contributed by atoms with Crippen molar-refractivity contribution >= 4 is 34.3 Å². The largest absolute Gasteiger partial charge is 0.326 e. The monoisotopic (exact) mass is 456 g/mol. The van der Waals surface area contributed by atoms with Gasteiger partial charge >= 0.3 is 0 Å². The summed E-state index contributed by atoms with van der Waals surface area (Å²) in [4.78, 5) is 35.5. The van der Waals surface area contributed by atoms with E-state index in [9.17, 15) is 9.59 Å². The smallest absolute Gasteiger partial charge is 0.261 e. The number of pyridine rings is 1.